The van der Waals surface area contributed by atoms with E-state index in [4.69, 9.17) is 5.11 Å². The molecule has 0 heterocycles. The number of carbonyl (C=O) groups excluding carboxylic acids is 1. The average molecular weight is 175 g/mol. The second-order valence-corrected chi connectivity index (χ2v) is 3.73. The smallest absolute Gasteiger partial charge is 0.257 e. The monoisotopic (exact) mass is 175 g/mol. The van der Waals surface area contributed by atoms with Crippen LogP contribution in [0.5, 0.6) is 0 Å². The quantitative estimate of drug-likeness (QED) is 0.645. The molecule has 0 aromatic carbocycles. The van der Waals surface area contributed by atoms with Crippen LogP contribution in [0.15, 0.2) is 0 Å². The van der Waals surface area contributed by atoms with Crippen molar-refractivity contribution in [2.75, 3.05) is 6.61 Å². The van der Waals surface area contributed by atoms with E-state index in [9.17, 15) is 9.18 Å². The lowest BCUT2D eigenvalue weighted by Gasteiger charge is -2.13. The molecule has 12 heavy (non-hydrogen) atoms. The van der Waals surface area contributed by atoms with Crippen molar-refractivity contribution in [1.29, 1.82) is 0 Å². The summed E-state index contributed by atoms with van der Waals surface area (Å²) in [5.74, 6) is -0.459. The van der Waals surface area contributed by atoms with E-state index in [0.717, 1.165) is 6.42 Å². The molecule has 3 nitrogen and oxygen atoms in total. The number of hydrogen-bond acceptors (Lipinski definition) is 2. The van der Waals surface area contributed by atoms with E-state index in [1.165, 1.54) is 13.8 Å². The Labute approximate surface area is 71.0 Å². The van der Waals surface area contributed by atoms with Crippen molar-refractivity contribution >= 4 is 5.91 Å². The maximum absolute atomic E-state index is 12.9. The molecule has 2 atom stereocenters. The molecule has 2 N–H and O–H groups in total. The van der Waals surface area contributed by atoms with Crippen LogP contribution >= 0.6 is 0 Å². The Bertz CT molecular complexity index is 188. The summed E-state index contributed by atoms with van der Waals surface area (Å²) in [5.41, 5.74) is -1.82. The van der Waals surface area contributed by atoms with E-state index in [0.29, 0.717) is 0 Å². The molecule has 0 spiro atoms. The fourth-order valence-electron chi connectivity index (χ4n) is 0.966. The number of nitrogens with one attached hydrogen (secondary N) is 1. The van der Waals surface area contributed by atoms with E-state index in [1.807, 2.05) is 0 Å². The van der Waals surface area contributed by atoms with Gasteiger partial charge in [0.1, 0.15) is 0 Å². The SMILES string of the molecule is CC(C)(F)C(=O)NC1CC1CO. The minimum Gasteiger partial charge on any atom is -0.396 e. The van der Waals surface area contributed by atoms with Gasteiger partial charge in [0.2, 0.25) is 0 Å². The second kappa shape index (κ2) is 3.01. The number of rotatable bonds is 3. The number of aliphatic hydroxyl groups is 1. The summed E-state index contributed by atoms with van der Waals surface area (Å²) in [6.07, 6.45) is 0.762. The average Bonchev–Trinajstić information content (AvgIpc) is 2.65. The van der Waals surface area contributed by atoms with Gasteiger partial charge < -0.3 is 10.4 Å². The molecule has 1 saturated carbocycles. The molecule has 1 rings (SSSR count). The highest BCUT2D eigenvalue weighted by molar-refractivity contribution is 5.84. The van der Waals surface area contributed by atoms with Crippen LogP contribution < -0.4 is 5.32 Å². The van der Waals surface area contributed by atoms with E-state index >= 15 is 0 Å². The summed E-state index contributed by atoms with van der Waals surface area (Å²) in [4.78, 5) is 11.0. The summed E-state index contributed by atoms with van der Waals surface area (Å²) in [6, 6.07) is -0.0162. The lowest BCUT2D eigenvalue weighted by molar-refractivity contribution is -0.131. The highest BCUT2D eigenvalue weighted by atomic mass is 19.1. The topological polar surface area (TPSA) is 49.3 Å². The van der Waals surface area contributed by atoms with Gasteiger partial charge in [0.25, 0.3) is 5.91 Å². The molecule has 0 radical (unpaired) electrons. The van der Waals surface area contributed by atoms with Crippen LogP contribution in [0.1, 0.15) is 20.3 Å². The van der Waals surface area contributed by atoms with Gasteiger partial charge in [-0.1, -0.05) is 0 Å². The first-order valence-electron chi connectivity index (χ1n) is 4.06. The molecular formula is C8H14FNO2. The molecule has 0 bridgehead atoms. The van der Waals surface area contributed by atoms with Crippen LogP contribution in [0.25, 0.3) is 0 Å². The van der Waals surface area contributed by atoms with Crippen molar-refractivity contribution < 1.29 is 14.3 Å². The number of hydrogen-bond donors (Lipinski definition) is 2. The van der Waals surface area contributed by atoms with Gasteiger partial charge in [-0.05, 0) is 20.3 Å². The molecule has 0 aromatic heterocycles. The minimum absolute atomic E-state index is 0.0162. The molecule has 0 aromatic rings. The number of amides is 1. The molecule has 70 valence electrons. The number of carbonyl (C=O) groups is 1. The van der Waals surface area contributed by atoms with Crippen molar-refractivity contribution in [3.8, 4) is 0 Å². The van der Waals surface area contributed by atoms with Gasteiger partial charge in [-0.2, -0.15) is 0 Å². The summed E-state index contributed by atoms with van der Waals surface area (Å²) in [7, 11) is 0. The Balaban J connectivity index is 2.30. The van der Waals surface area contributed by atoms with E-state index < -0.39 is 11.6 Å². The zero-order valence-electron chi connectivity index (χ0n) is 7.30. The summed E-state index contributed by atoms with van der Waals surface area (Å²) in [5, 5.41) is 11.2. The molecule has 1 aliphatic rings. The Morgan fingerprint density at radius 3 is 2.67 bits per heavy atom. The molecule has 2 unspecified atom stereocenters. The predicted octanol–water partition coefficient (Wildman–Crippen LogP) is 0.231. The zero-order chi connectivity index (χ0) is 9.35. The van der Waals surface area contributed by atoms with Crippen LogP contribution in [0.2, 0.25) is 0 Å². The van der Waals surface area contributed by atoms with Crippen molar-refractivity contribution in [3.05, 3.63) is 0 Å². The van der Waals surface area contributed by atoms with Gasteiger partial charge in [0.05, 0.1) is 0 Å². The van der Waals surface area contributed by atoms with Crippen molar-refractivity contribution in [3.63, 3.8) is 0 Å². The van der Waals surface area contributed by atoms with Crippen LogP contribution in [0, 0.1) is 5.92 Å². The molecule has 4 heteroatoms. The Morgan fingerprint density at radius 1 is 1.75 bits per heavy atom. The highest BCUT2D eigenvalue weighted by Gasteiger charge is 2.40. The minimum atomic E-state index is -1.82. The molecular weight excluding hydrogens is 161 g/mol. The van der Waals surface area contributed by atoms with Gasteiger partial charge in [0.15, 0.2) is 5.67 Å². The van der Waals surface area contributed by atoms with Crippen LogP contribution in [-0.2, 0) is 4.79 Å². The Morgan fingerprint density at radius 2 is 2.33 bits per heavy atom. The highest BCUT2D eigenvalue weighted by Crippen LogP contribution is 2.29. The first-order chi connectivity index (χ1) is 5.45. The van der Waals surface area contributed by atoms with Gasteiger partial charge in [-0.3, -0.25) is 4.79 Å². The lowest BCUT2D eigenvalue weighted by Crippen LogP contribution is -2.40. The second-order valence-electron chi connectivity index (χ2n) is 3.73. The first kappa shape index (κ1) is 9.45. The molecule has 1 fully saturated rings. The fraction of sp³-hybridized carbons (Fsp3) is 0.875. The predicted molar refractivity (Wildman–Crippen MR) is 42.3 cm³/mol. The number of halogens is 1. The van der Waals surface area contributed by atoms with Gasteiger partial charge in [0, 0.05) is 18.6 Å². The molecule has 1 amide bonds. The third kappa shape index (κ3) is 2.17. The van der Waals surface area contributed by atoms with Crippen molar-refractivity contribution in [2.24, 2.45) is 5.92 Å². The standard InChI is InChI=1S/C8H14FNO2/c1-8(2,9)7(12)10-6-3-5(6)4-11/h5-6,11H,3-4H2,1-2H3,(H,10,12). The van der Waals surface area contributed by atoms with Crippen molar-refractivity contribution in [1.82, 2.24) is 5.32 Å². The van der Waals surface area contributed by atoms with E-state index in [-0.39, 0.29) is 18.6 Å². The Kier molecular flexibility index (Phi) is 2.37. The van der Waals surface area contributed by atoms with Crippen LogP contribution in [-0.4, -0.2) is 29.3 Å². The molecule has 1 aliphatic carbocycles. The first-order valence-corrected chi connectivity index (χ1v) is 4.06. The summed E-state index contributed by atoms with van der Waals surface area (Å²) in [6.45, 7) is 2.51. The van der Waals surface area contributed by atoms with Gasteiger partial charge in [-0.25, -0.2) is 4.39 Å². The van der Waals surface area contributed by atoms with Gasteiger partial charge >= 0.3 is 0 Å². The normalized spacial score (nSPS) is 28.3. The third-order valence-electron chi connectivity index (χ3n) is 2.01. The van der Waals surface area contributed by atoms with Crippen LogP contribution in [0.4, 0.5) is 4.39 Å². The van der Waals surface area contributed by atoms with E-state index in [1.54, 1.807) is 0 Å². The largest absolute Gasteiger partial charge is 0.396 e. The summed E-state index contributed by atoms with van der Waals surface area (Å²) < 4.78 is 12.9. The molecule has 0 saturated heterocycles. The van der Waals surface area contributed by atoms with Crippen molar-refractivity contribution in [2.45, 2.75) is 32.0 Å². The zero-order valence-corrected chi connectivity index (χ0v) is 7.30. The van der Waals surface area contributed by atoms with E-state index in [2.05, 4.69) is 5.32 Å². The van der Waals surface area contributed by atoms with Crippen LogP contribution in [0.3, 0.4) is 0 Å². The maximum Gasteiger partial charge on any atom is 0.257 e. The Hall–Kier alpha value is -0.640. The summed E-state index contributed by atoms with van der Waals surface area (Å²) >= 11 is 0. The lowest BCUT2D eigenvalue weighted by atomic mass is 10.1. The maximum atomic E-state index is 12.9. The number of alkyl halides is 1. The third-order valence-corrected chi connectivity index (χ3v) is 2.01. The number of aliphatic hydroxyl groups excluding tert-OH is 1. The molecule has 0 aliphatic heterocycles. The van der Waals surface area contributed by atoms with Gasteiger partial charge in [-0.15, -0.1) is 0 Å². The fourth-order valence-corrected chi connectivity index (χ4v) is 0.966.